The van der Waals surface area contributed by atoms with E-state index in [1.807, 2.05) is 25.1 Å². The van der Waals surface area contributed by atoms with Gasteiger partial charge in [0.05, 0.1) is 6.54 Å². The number of aliphatic carboxylic acids is 1. The monoisotopic (exact) mass is 373 g/mol. The van der Waals surface area contributed by atoms with E-state index in [0.29, 0.717) is 11.6 Å². The summed E-state index contributed by atoms with van der Waals surface area (Å²) in [6.45, 7) is 2.51. The fourth-order valence-corrected chi connectivity index (χ4v) is 3.66. The van der Waals surface area contributed by atoms with Crippen LogP contribution in [0, 0.1) is 6.92 Å². The molecule has 1 N–H and O–H groups in total. The van der Waals surface area contributed by atoms with Crippen molar-refractivity contribution in [1.82, 2.24) is 0 Å². The number of hydrogen-bond donors (Lipinski definition) is 1. The highest BCUT2D eigenvalue weighted by molar-refractivity contribution is 9.10. The number of carboxylic acid groups (broad SMARTS) is 1. The SMILES string of the molecule is Cc1sc(CN(CC(=O)O)c2cccc(Cl)c2)cc1Br. The third kappa shape index (κ3) is 3.98. The molecule has 6 heteroatoms. The Hall–Kier alpha value is -1.04. The minimum Gasteiger partial charge on any atom is -0.480 e. The number of benzene rings is 1. The van der Waals surface area contributed by atoms with Crippen molar-refractivity contribution in [2.45, 2.75) is 13.5 Å². The lowest BCUT2D eigenvalue weighted by molar-refractivity contribution is -0.135. The van der Waals surface area contributed by atoms with E-state index in [1.54, 1.807) is 28.4 Å². The highest BCUT2D eigenvalue weighted by Gasteiger charge is 2.14. The highest BCUT2D eigenvalue weighted by Crippen LogP contribution is 2.29. The molecule has 0 aliphatic carbocycles. The number of anilines is 1. The summed E-state index contributed by atoms with van der Waals surface area (Å²) in [5.74, 6) is -0.864. The van der Waals surface area contributed by atoms with Gasteiger partial charge in [-0.2, -0.15) is 0 Å². The number of carboxylic acids is 1. The molecule has 0 atom stereocenters. The van der Waals surface area contributed by atoms with Gasteiger partial charge in [-0.05, 0) is 47.1 Å². The topological polar surface area (TPSA) is 40.5 Å². The zero-order valence-corrected chi connectivity index (χ0v) is 13.9. The van der Waals surface area contributed by atoms with E-state index in [9.17, 15) is 4.79 Å². The van der Waals surface area contributed by atoms with Gasteiger partial charge in [0.1, 0.15) is 6.54 Å². The van der Waals surface area contributed by atoms with Gasteiger partial charge in [-0.25, -0.2) is 0 Å². The molecule has 0 unspecified atom stereocenters. The molecule has 3 nitrogen and oxygen atoms in total. The van der Waals surface area contributed by atoms with Crippen LogP contribution in [-0.4, -0.2) is 17.6 Å². The molecule has 1 aromatic heterocycles. The van der Waals surface area contributed by atoms with Crippen LogP contribution < -0.4 is 4.90 Å². The molecule has 0 saturated carbocycles. The van der Waals surface area contributed by atoms with Crippen LogP contribution in [-0.2, 0) is 11.3 Å². The Morgan fingerprint density at radius 1 is 1.45 bits per heavy atom. The van der Waals surface area contributed by atoms with Crippen molar-refractivity contribution in [3.63, 3.8) is 0 Å². The lowest BCUT2D eigenvalue weighted by atomic mass is 10.2. The predicted octanol–water partition coefficient (Wildman–Crippen LogP) is 4.56. The summed E-state index contributed by atoms with van der Waals surface area (Å²) in [4.78, 5) is 15.1. The molecule has 1 heterocycles. The van der Waals surface area contributed by atoms with Crippen molar-refractivity contribution in [3.8, 4) is 0 Å². The fraction of sp³-hybridized carbons (Fsp3) is 0.214. The van der Waals surface area contributed by atoms with Gasteiger partial charge in [-0.1, -0.05) is 17.7 Å². The Morgan fingerprint density at radius 2 is 2.20 bits per heavy atom. The Kier molecular flexibility index (Phi) is 5.07. The first-order chi connectivity index (χ1) is 9.45. The summed E-state index contributed by atoms with van der Waals surface area (Å²) < 4.78 is 1.05. The molecule has 1 aromatic carbocycles. The number of hydrogen-bond acceptors (Lipinski definition) is 3. The van der Waals surface area contributed by atoms with Crippen LogP contribution in [0.4, 0.5) is 5.69 Å². The Balaban J connectivity index is 2.25. The Morgan fingerprint density at radius 3 is 2.75 bits per heavy atom. The van der Waals surface area contributed by atoms with Crippen molar-refractivity contribution in [2.24, 2.45) is 0 Å². The van der Waals surface area contributed by atoms with Crippen molar-refractivity contribution < 1.29 is 9.90 Å². The van der Waals surface area contributed by atoms with Crippen molar-refractivity contribution in [3.05, 3.63) is 49.6 Å². The van der Waals surface area contributed by atoms with E-state index in [1.165, 1.54) is 4.88 Å². The number of nitrogens with zero attached hydrogens (tertiary/aromatic N) is 1. The third-order valence-electron chi connectivity index (χ3n) is 2.75. The number of thiophene rings is 1. The van der Waals surface area contributed by atoms with Gasteiger partial charge in [0, 0.05) is 24.9 Å². The predicted molar refractivity (Wildman–Crippen MR) is 86.9 cm³/mol. The van der Waals surface area contributed by atoms with E-state index < -0.39 is 5.97 Å². The molecule has 0 bridgehead atoms. The van der Waals surface area contributed by atoms with Gasteiger partial charge in [0.25, 0.3) is 0 Å². The largest absolute Gasteiger partial charge is 0.480 e. The average molecular weight is 375 g/mol. The van der Waals surface area contributed by atoms with Crippen LogP contribution in [0.1, 0.15) is 9.75 Å². The molecule has 106 valence electrons. The fourth-order valence-electron chi connectivity index (χ4n) is 1.86. The van der Waals surface area contributed by atoms with Crippen LogP contribution in [0.5, 0.6) is 0 Å². The molecule has 2 rings (SSSR count). The molecule has 2 aromatic rings. The normalized spacial score (nSPS) is 10.6. The summed E-state index contributed by atoms with van der Waals surface area (Å²) in [6, 6.07) is 9.27. The average Bonchev–Trinajstić information content (AvgIpc) is 2.67. The summed E-state index contributed by atoms with van der Waals surface area (Å²) in [5, 5.41) is 9.67. The number of aryl methyl sites for hydroxylation is 1. The van der Waals surface area contributed by atoms with Crippen molar-refractivity contribution in [1.29, 1.82) is 0 Å². The molecule has 0 radical (unpaired) electrons. The molecule has 0 amide bonds. The summed E-state index contributed by atoms with van der Waals surface area (Å²) in [6.07, 6.45) is 0. The van der Waals surface area contributed by atoms with E-state index in [0.717, 1.165) is 15.0 Å². The van der Waals surface area contributed by atoms with E-state index in [2.05, 4.69) is 15.9 Å². The van der Waals surface area contributed by atoms with E-state index in [4.69, 9.17) is 16.7 Å². The van der Waals surface area contributed by atoms with Crippen LogP contribution in [0.15, 0.2) is 34.8 Å². The van der Waals surface area contributed by atoms with Crippen LogP contribution >= 0.6 is 38.9 Å². The van der Waals surface area contributed by atoms with Crippen molar-refractivity contribution >= 4 is 50.5 Å². The smallest absolute Gasteiger partial charge is 0.323 e. The Bertz CT molecular complexity index is 610. The first-order valence-electron chi connectivity index (χ1n) is 5.93. The van der Waals surface area contributed by atoms with Gasteiger partial charge >= 0.3 is 5.97 Å². The lowest BCUT2D eigenvalue weighted by Crippen LogP contribution is -2.28. The lowest BCUT2D eigenvalue weighted by Gasteiger charge is -2.22. The van der Waals surface area contributed by atoms with Crippen molar-refractivity contribution in [2.75, 3.05) is 11.4 Å². The molecule has 0 aliphatic rings. The first-order valence-corrected chi connectivity index (χ1v) is 7.91. The maximum Gasteiger partial charge on any atom is 0.323 e. The molecular weight excluding hydrogens is 362 g/mol. The van der Waals surface area contributed by atoms with Gasteiger partial charge in [-0.3, -0.25) is 4.79 Å². The van der Waals surface area contributed by atoms with E-state index >= 15 is 0 Å². The second-order valence-corrected chi connectivity index (χ2v) is 6.98. The minimum absolute atomic E-state index is 0.0606. The number of rotatable bonds is 5. The highest BCUT2D eigenvalue weighted by atomic mass is 79.9. The molecule has 20 heavy (non-hydrogen) atoms. The first kappa shape index (κ1) is 15.4. The maximum atomic E-state index is 11.0. The van der Waals surface area contributed by atoms with Gasteiger partial charge < -0.3 is 10.0 Å². The second kappa shape index (κ2) is 6.61. The zero-order valence-electron chi connectivity index (χ0n) is 10.8. The third-order valence-corrected chi connectivity index (χ3v) is 5.11. The van der Waals surface area contributed by atoms with Crippen LogP contribution in [0.3, 0.4) is 0 Å². The van der Waals surface area contributed by atoms with Crippen LogP contribution in [0.2, 0.25) is 5.02 Å². The summed E-state index contributed by atoms with van der Waals surface area (Å²) in [7, 11) is 0. The van der Waals surface area contributed by atoms with Crippen LogP contribution in [0.25, 0.3) is 0 Å². The second-order valence-electron chi connectivity index (χ2n) is 4.35. The quantitative estimate of drug-likeness (QED) is 0.834. The minimum atomic E-state index is -0.864. The molecule has 0 spiro atoms. The molecule has 0 saturated heterocycles. The molecular formula is C14H13BrClNO2S. The zero-order chi connectivity index (χ0) is 14.7. The van der Waals surface area contributed by atoms with Gasteiger partial charge in [0.2, 0.25) is 0 Å². The Labute approximate surface area is 134 Å². The van der Waals surface area contributed by atoms with E-state index in [-0.39, 0.29) is 6.54 Å². The molecule has 0 aliphatic heterocycles. The van der Waals surface area contributed by atoms with Gasteiger partial charge in [0.15, 0.2) is 0 Å². The maximum absolute atomic E-state index is 11.0. The summed E-state index contributed by atoms with van der Waals surface area (Å²) in [5.41, 5.74) is 0.807. The number of carbonyl (C=O) groups is 1. The standard InChI is InChI=1S/C14H13BrClNO2S/c1-9-13(15)6-12(20-9)7-17(8-14(18)19)11-4-2-3-10(16)5-11/h2-6H,7-8H2,1H3,(H,18,19). The van der Waals surface area contributed by atoms with Gasteiger partial charge in [-0.15, -0.1) is 11.3 Å². The summed E-state index contributed by atoms with van der Waals surface area (Å²) >= 11 is 11.1. The number of halogens is 2. The molecule has 0 fully saturated rings.